The Morgan fingerprint density at radius 2 is 2.11 bits per heavy atom. The van der Waals surface area contributed by atoms with Gasteiger partial charge in [-0.3, -0.25) is 4.79 Å². The molecule has 0 aliphatic carbocycles. The summed E-state index contributed by atoms with van der Waals surface area (Å²) in [7, 11) is -3.84. The van der Waals surface area contributed by atoms with Gasteiger partial charge < -0.3 is 11.1 Å². The first-order valence-corrected chi connectivity index (χ1v) is 7.55. The summed E-state index contributed by atoms with van der Waals surface area (Å²) < 4.78 is 22.5. The van der Waals surface area contributed by atoms with Crippen LogP contribution in [0.15, 0.2) is 23.1 Å². The van der Waals surface area contributed by atoms with Gasteiger partial charge in [-0.1, -0.05) is 18.5 Å². The van der Waals surface area contributed by atoms with Crippen LogP contribution in [0.3, 0.4) is 0 Å². The number of rotatable bonds is 5. The molecule has 1 aromatic rings. The second-order valence-corrected chi connectivity index (χ2v) is 5.99. The van der Waals surface area contributed by atoms with Crippen LogP contribution in [0.4, 0.5) is 5.69 Å². The average Bonchev–Trinajstić information content (AvgIpc) is 2.32. The summed E-state index contributed by atoms with van der Waals surface area (Å²) in [4.78, 5) is 11.7. The molecule has 0 spiro atoms. The predicted octanol–water partition coefficient (Wildman–Crippen LogP) is 0.911. The van der Waals surface area contributed by atoms with E-state index in [0.717, 1.165) is 0 Å². The van der Waals surface area contributed by atoms with Crippen molar-refractivity contribution in [2.45, 2.75) is 18.2 Å². The fourth-order valence-corrected chi connectivity index (χ4v) is 2.18. The SMILES string of the molecule is CCC(CN)C(=O)Nc1cc(S(N)(=O)=O)ccc1Cl. The van der Waals surface area contributed by atoms with Gasteiger partial charge in [0, 0.05) is 6.54 Å². The van der Waals surface area contributed by atoms with Crippen molar-refractivity contribution < 1.29 is 13.2 Å². The van der Waals surface area contributed by atoms with Gasteiger partial charge in [-0.2, -0.15) is 0 Å². The topological polar surface area (TPSA) is 115 Å². The number of primary sulfonamides is 1. The van der Waals surface area contributed by atoms with Crippen LogP contribution in [-0.2, 0) is 14.8 Å². The summed E-state index contributed by atoms with van der Waals surface area (Å²) in [6.07, 6.45) is 0.578. The number of hydrogen-bond acceptors (Lipinski definition) is 4. The van der Waals surface area contributed by atoms with E-state index in [4.69, 9.17) is 22.5 Å². The normalized spacial score (nSPS) is 13.1. The van der Waals surface area contributed by atoms with Crippen LogP contribution in [0.25, 0.3) is 0 Å². The highest BCUT2D eigenvalue weighted by molar-refractivity contribution is 7.89. The summed E-state index contributed by atoms with van der Waals surface area (Å²) in [6, 6.07) is 3.85. The smallest absolute Gasteiger partial charge is 0.238 e. The van der Waals surface area contributed by atoms with Gasteiger partial charge in [0.25, 0.3) is 0 Å². The lowest BCUT2D eigenvalue weighted by molar-refractivity contribution is -0.119. The maximum absolute atomic E-state index is 11.9. The lowest BCUT2D eigenvalue weighted by atomic mass is 10.1. The van der Waals surface area contributed by atoms with Gasteiger partial charge in [-0.05, 0) is 24.6 Å². The number of halogens is 1. The molecule has 0 aliphatic rings. The van der Waals surface area contributed by atoms with Gasteiger partial charge in [-0.25, -0.2) is 13.6 Å². The molecular formula is C11H16ClN3O3S. The second-order valence-electron chi connectivity index (χ2n) is 4.02. The molecule has 5 N–H and O–H groups in total. The molecule has 0 bridgehead atoms. The van der Waals surface area contributed by atoms with Gasteiger partial charge >= 0.3 is 0 Å². The van der Waals surface area contributed by atoms with Gasteiger partial charge in [-0.15, -0.1) is 0 Å². The summed E-state index contributed by atoms with van der Waals surface area (Å²) in [5.74, 6) is -0.660. The third-order valence-corrected chi connectivity index (χ3v) is 3.91. The minimum absolute atomic E-state index is 0.118. The highest BCUT2D eigenvalue weighted by Gasteiger charge is 2.17. The van der Waals surface area contributed by atoms with Crippen molar-refractivity contribution in [1.82, 2.24) is 0 Å². The van der Waals surface area contributed by atoms with Crippen molar-refractivity contribution in [2.24, 2.45) is 16.8 Å². The van der Waals surface area contributed by atoms with Crippen LogP contribution in [0.2, 0.25) is 5.02 Å². The van der Waals surface area contributed by atoms with E-state index in [1.54, 1.807) is 0 Å². The molecule has 0 radical (unpaired) electrons. The van der Waals surface area contributed by atoms with Crippen LogP contribution < -0.4 is 16.2 Å². The lowest BCUT2D eigenvalue weighted by Crippen LogP contribution is -2.28. The number of nitrogens with one attached hydrogen (secondary N) is 1. The predicted molar refractivity (Wildman–Crippen MR) is 74.3 cm³/mol. The molecule has 106 valence electrons. The second kappa shape index (κ2) is 6.33. The van der Waals surface area contributed by atoms with Crippen LogP contribution in [0, 0.1) is 5.92 Å². The zero-order chi connectivity index (χ0) is 14.6. The highest BCUT2D eigenvalue weighted by atomic mass is 35.5. The Bertz CT molecular complexity index is 571. The zero-order valence-corrected chi connectivity index (χ0v) is 12.0. The minimum atomic E-state index is -3.84. The van der Waals surface area contributed by atoms with E-state index in [1.807, 2.05) is 6.92 Å². The van der Waals surface area contributed by atoms with Gasteiger partial charge in [0.2, 0.25) is 15.9 Å². The number of amides is 1. The van der Waals surface area contributed by atoms with E-state index in [1.165, 1.54) is 18.2 Å². The van der Waals surface area contributed by atoms with Crippen molar-refractivity contribution in [2.75, 3.05) is 11.9 Å². The van der Waals surface area contributed by atoms with E-state index in [0.29, 0.717) is 6.42 Å². The molecular weight excluding hydrogens is 290 g/mol. The Morgan fingerprint density at radius 1 is 1.47 bits per heavy atom. The van der Waals surface area contributed by atoms with Crippen molar-refractivity contribution in [3.05, 3.63) is 23.2 Å². The zero-order valence-electron chi connectivity index (χ0n) is 10.4. The fraction of sp³-hybridized carbons (Fsp3) is 0.364. The molecule has 1 amide bonds. The summed E-state index contributed by atoms with van der Waals surface area (Å²) >= 11 is 5.90. The highest BCUT2D eigenvalue weighted by Crippen LogP contribution is 2.25. The molecule has 0 saturated carbocycles. The van der Waals surface area contributed by atoms with Crippen molar-refractivity contribution in [1.29, 1.82) is 0 Å². The average molecular weight is 306 g/mol. The van der Waals surface area contributed by atoms with Crippen LogP contribution in [0.5, 0.6) is 0 Å². The number of hydrogen-bond donors (Lipinski definition) is 3. The molecule has 0 fully saturated rings. The number of benzene rings is 1. The van der Waals surface area contributed by atoms with Crippen LogP contribution >= 0.6 is 11.6 Å². The van der Waals surface area contributed by atoms with E-state index >= 15 is 0 Å². The third-order valence-electron chi connectivity index (χ3n) is 2.67. The molecule has 6 nitrogen and oxygen atoms in total. The molecule has 1 rings (SSSR count). The monoisotopic (exact) mass is 305 g/mol. The Hall–Kier alpha value is -1.15. The Kier molecular flexibility index (Phi) is 5.30. The third kappa shape index (κ3) is 4.17. The first-order chi connectivity index (χ1) is 8.79. The molecule has 19 heavy (non-hydrogen) atoms. The molecule has 0 saturated heterocycles. The summed E-state index contributed by atoms with van der Waals surface area (Å²) in [5.41, 5.74) is 5.66. The van der Waals surface area contributed by atoms with E-state index in [9.17, 15) is 13.2 Å². The standard InChI is InChI=1S/C11H16ClN3O3S/c1-2-7(6-13)11(16)15-10-5-8(19(14,17)18)3-4-9(10)12/h3-5,7H,2,6,13H2,1H3,(H,15,16)(H2,14,17,18). The number of nitrogens with two attached hydrogens (primary N) is 2. The van der Waals surface area contributed by atoms with Crippen molar-refractivity contribution in [3.63, 3.8) is 0 Å². The summed E-state index contributed by atoms with van der Waals surface area (Å²) in [5, 5.41) is 7.80. The first kappa shape index (κ1) is 15.9. The summed E-state index contributed by atoms with van der Waals surface area (Å²) in [6.45, 7) is 2.04. The number of sulfonamides is 1. The van der Waals surface area contributed by atoms with Crippen LogP contribution in [-0.4, -0.2) is 20.9 Å². The Morgan fingerprint density at radius 3 is 2.58 bits per heavy atom. The van der Waals surface area contributed by atoms with E-state index < -0.39 is 10.0 Å². The van der Waals surface area contributed by atoms with Gasteiger partial charge in [0.1, 0.15) is 0 Å². The van der Waals surface area contributed by atoms with Crippen LogP contribution in [0.1, 0.15) is 13.3 Å². The lowest BCUT2D eigenvalue weighted by Gasteiger charge is -2.14. The fourth-order valence-electron chi connectivity index (χ4n) is 1.47. The van der Waals surface area contributed by atoms with E-state index in [-0.39, 0.29) is 34.0 Å². The van der Waals surface area contributed by atoms with Gasteiger partial charge in [0.05, 0.1) is 21.5 Å². The number of carbonyl (C=O) groups excluding carboxylic acids is 1. The Balaban J connectivity index is 3.04. The first-order valence-electron chi connectivity index (χ1n) is 5.62. The van der Waals surface area contributed by atoms with Crippen molar-refractivity contribution in [3.8, 4) is 0 Å². The number of anilines is 1. The molecule has 1 atom stereocenters. The molecule has 0 heterocycles. The quantitative estimate of drug-likeness (QED) is 0.749. The molecule has 0 aliphatic heterocycles. The molecule has 0 aromatic heterocycles. The minimum Gasteiger partial charge on any atom is -0.330 e. The largest absolute Gasteiger partial charge is 0.330 e. The molecule has 1 unspecified atom stereocenters. The van der Waals surface area contributed by atoms with Gasteiger partial charge in [0.15, 0.2) is 0 Å². The number of carbonyl (C=O) groups is 1. The molecule has 8 heteroatoms. The van der Waals surface area contributed by atoms with Crippen molar-refractivity contribution >= 4 is 33.2 Å². The maximum Gasteiger partial charge on any atom is 0.238 e. The molecule has 1 aromatic carbocycles. The van der Waals surface area contributed by atoms with E-state index in [2.05, 4.69) is 5.32 Å². The maximum atomic E-state index is 11.9. The Labute approximate surface area is 117 Å².